The van der Waals surface area contributed by atoms with Crippen molar-refractivity contribution in [3.8, 4) is 5.75 Å². The fourth-order valence-corrected chi connectivity index (χ4v) is 6.06. The molecule has 0 N–H and O–H groups in total. The molecule has 0 radical (unpaired) electrons. The molecular formula is C35H46O2. The average Bonchev–Trinajstić information content (AvgIpc) is 2.94. The van der Waals surface area contributed by atoms with Gasteiger partial charge in [-0.3, -0.25) is 0 Å². The minimum Gasteiger partial charge on any atom is -0.465 e. The molecule has 0 amide bonds. The standard InChI is InChI=1S/C35H46O2/c1-4-33(27(2)3)31-20-22-32(23-21-31)37-35(36-25-24-28-14-8-5-9-15-28)26-34(29-16-10-6-11-17-29)30-18-12-7-13-19-30/h6-7,10-13,16-23,27-28,33-35H,4-5,8-9,14-15,24-26H2,1-3H3. The summed E-state index contributed by atoms with van der Waals surface area (Å²) in [6, 6.07) is 30.3. The van der Waals surface area contributed by atoms with E-state index >= 15 is 0 Å². The van der Waals surface area contributed by atoms with Crippen LogP contribution < -0.4 is 4.74 Å². The van der Waals surface area contributed by atoms with Gasteiger partial charge in [-0.15, -0.1) is 0 Å². The molecule has 0 aromatic heterocycles. The Kier molecular flexibility index (Phi) is 10.7. The molecule has 2 unspecified atom stereocenters. The van der Waals surface area contributed by atoms with E-state index in [1.54, 1.807) is 0 Å². The SMILES string of the molecule is CCC(c1ccc(OC(CC(c2ccccc2)c2ccccc2)OCCC2CCCCC2)cc1)C(C)C. The first-order chi connectivity index (χ1) is 18.1. The predicted molar refractivity (Wildman–Crippen MR) is 155 cm³/mol. The van der Waals surface area contributed by atoms with Gasteiger partial charge in [0.2, 0.25) is 6.29 Å². The molecule has 2 heteroatoms. The molecule has 2 nitrogen and oxygen atoms in total. The van der Waals surface area contributed by atoms with Crippen LogP contribution in [0.1, 0.15) is 101 Å². The van der Waals surface area contributed by atoms with E-state index in [-0.39, 0.29) is 12.2 Å². The third-order valence-corrected chi connectivity index (χ3v) is 8.21. The summed E-state index contributed by atoms with van der Waals surface area (Å²) in [6.45, 7) is 7.65. The van der Waals surface area contributed by atoms with Gasteiger partial charge in [0.05, 0.1) is 6.61 Å². The van der Waals surface area contributed by atoms with E-state index in [1.165, 1.54) is 48.8 Å². The monoisotopic (exact) mass is 498 g/mol. The molecule has 0 saturated heterocycles. The molecule has 37 heavy (non-hydrogen) atoms. The number of benzene rings is 3. The van der Waals surface area contributed by atoms with Crippen LogP contribution in [-0.4, -0.2) is 12.9 Å². The van der Waals surface area contributed by atoms with Crippen molar-refractivity contribution in [3.63, 3.8) is 0 Å². The van der Waals surface area contributed by atoms with Gasteiger partial charge in [-0.05, 0) is 59.4 Å². The van der Waals surface area contributed by atoms with Crippen molar-refractivity contribution in [2.75, 3.05) is 6.61 Å². The quantitative estimate of drug-likeness (QED) is 0.218. The van der Waals surface area contributed by atoms with Crippen molar-refractivity contribution < 1.29 is 9.47 Å². The Morgan fingerprint density at radius 2 is 1.32 bits per heavy atom. The highest BCUT2D eigenvalue weighted by molar-refractivity contribution is 5.33. The Morgan fingerprint density at radius 1 is 0.730 bits per heavy atom. The zero-order valence-electron chi connectivity index (χ0n) is 23.2. The maximum Gasteiger partial charge on any atom is 0.200 e. The fraction of sp³-hybridized carbons (Fsp3) is 0.486. The van der Waals surface area contributed by atoms with Gasteiger partial charge < -0.3 is 9.47 Å². The van der Waals surface area contributed by atoms with Crippen LogP contribution in [0.15, 0.2) is 84.9 Å². The molecule has 1 aliphatic rings. The van der Waals surface area contributed by atoms with Gasteiger partial charge in [-0.2, -0.15) is 0 Å². The first-order valence-electron chi connectivity index (χ1n) is 14.6. The molecule has 1 fully saturated rings. The highest BCUT2D eigenvalue weighted by Gasteiger charge is 2.23. The fourth-order valence-electron chi connectivity index (χ4n) is 6.06. The van der Waals surface area contributed by atoms with Crippen LogP contribution in [0.3, 0.4) is 0 Å². The Balaban J connectivity index is 1.51. The van der Waals surface area contributed by atoms with E-state index < -0.39 is 0 Å². The lowest BCUT2D eigenvalue weighted by atomic mass is 9.86. The third-order valence-electron chi connectivity index (χ3n) is 8.21. The largest absolute Gasteiger partial charge is 0.465 e. The highest BCUT2D eigenvalue weighted by atomic mass is 16.7. The van der Waals surface area contributed by atoms with E-state index in [4.69, 9.17) is 9.47 Å². The Morgan fingerprint density at radius 3 is 1.86 bits per heavy atom. The van der Waals surface area contributed by atoms with Gasteiger partial charge in [-0.1, -0.05) is 126 Å². The van der Waals surface area contributed by atoms with Crippen LogP contribution >= 0.6 is 0 Å². The third kappa shape index (κ3) is 8.20. The van der Waals surface area contributed by atoms with Crippen molar-refractivity contribution in [3.05, 3.63) is 102 Å². The van der Waals surface area contributed by atoms with Gasteiger partial charge in [-0.25, -0.2) is 0 Å². The molecule has 0 bridgehead atoms. The molecular weight excluding hydrogens is 452 g/mol. The van der Waals surface area contributed by atoms with Crippen molar-refractivity contribution in [1.29, 1.82) is 0 Å². The van der Waals surface area contributed by atoms with Crippen molar-refractivity contribution >= 4 is 0 Å². The number of hydrogen-bond donors (Lipinski definition) is 0. The maximum atomic E-state index is 6.58. The van der Waals surface area contributed by atoms with Crippen LogP contribution in [0.2, 0.25) is 0 Å². The second kappa shape index (κ2) is 14.4. The van der Waals surface area contributed by atoms with Crippen LogP contribution in [-0.2, 0) is 4.74 Å². The van der Waals surface area contributed by atoms with Crippen LogP contribution in [0.4, 0.5) is 0 Å². The molecule has 0 aliphatic heterocycles. The number of rotatable bonds is 13. The molecule has 1 aliphatic carbocycles. The van der Waals surface area contributed by atoms with Crippen molar-refractivity contribution in [2.45, 2.75) is 90.3 Å². The first kappa shape index (κ1) is 27.5. The maximum absolute atomic E-state index is 6.58. The Labute approximate surface area is 225 Å². The normalized spacial score (nSPS) is 16.1. The lowest BCUT2D eigenvalue weighted by Crippen LogP contribution is -2.25. The highest BCUT2D eigenvalue weighted by Crippen LogP contribution is 2.33. The molecule has 3 aromatic rings. The summed E-state index contributed by atoms with van der Waals surface area (Å²) in [4.78, 5) is 0. The molecule has 1 saturated carbocycles. The van der Waals surface area contributed by atoms with Gasteiger partial charge in [0.15, 0.2) is 0 Å². The smallest absolute Gasteiger partial charge is 0.200 e. The summed E-state index contributed by atoms with van der Waals surface area (Å²) in [5.41, 5.74) is 4.00. The minimum absolute atomic E-state index is 0.215. The summed E-state index contributed by atoms with van der Waals surface area (Å²) in [5, 5.41) is 0. The summed E-state index contributed by atoms with van der Waals surface area (Å²) in [5.74, 6) is 3.12. The van der Waals surface area contributed by atoms with Gasteiger partial charge >= 0.3 is 0 Å². The van der Waals surface area contributed by atoms with Gasteiger partial charge in [0.1, 0.15) is 5.75 Å². The average molecular weight is 499 g/mol. The van der Waals surface area contributed by atoms with E-state index in [0.717, 1.165) is 37.5 Å². The summed E-state index contributed by atoms with van der Waals surface area (Å²) >= 11 is 0. The first-order valence-corrected chi connectivity index (χ1v) is 14.6. The van der Waals surface area contributed by atoms with Crippen molar-refractivity contribution in [1.82, 2.24) is 0 Å². The van der Waals surface area contributed by atoms with Crippen LogP contribution in [0, 0.1) is 11.8 Å². The zero-order valence-corrected chi connectivity index (χ0v) is 23.2. The topological polar surface area (TPSA) is 18.5 Å². The molecule has 4 rings (SSSR count). The molecule has 3 aromatic carbocycles. The summed E-state index contributed by atoms with van der Waals surface area (Å²) in [6.07, 6.45) is 9.60. The van der Waals surface area contributed by atoms with Crippen LogP contribution in [0.25, 0.3) is 0 Å². The molecule has 0 heterocycles. The number of hydrogen-bond acceptors (Lipinski definition) is 2. The Hall–Kier alpha value is -2.58. The molecule has 0 spiro atoms. The number of ether oxygens (including phenoxy) is 2. The Bertz CT molecular complexity index is 967. The lowest BCUT2D eigenvalue weighted by molar-refractivity contribution is -0.0904. The second-order valence-corrected chi connectivity index (χ2v) is 11.1. The van der Waals surface area contributed by atoms with Gasteiger partial charge in [0, 0.05) is 12.3 Å². The van der Waals surface area contributed by atoms with Crippen LogP contribution in [0.5, 0.6) is 5.75 Å². The van der Waals surface area contributed by atoms with E-state index in [9.17, 15) is 0 Å². The molecule has 2 atom stereocenters. The molecule has 198 valence electrons. The summed E-state index contributed by atoms with van der Waals surface area (Å²) in [7, 11) is 0. The van der Waals surface area contributed by atoms with Gasteiger partial charge in [0.25, 0.3) is 0 Å². The zero-order chi connectivity index (χ0) is 25.9. The van der Waals surface area contributed by atoms with E-state index in [2.05, 4.69) is 106 Å². The second-order valence-electron chi connectivity index (χ2n) is 11.1. The van der Waals surface area contributed by atoms with E-state index in [1.807, 2.05) is 0 Å². The van der Waals surface area contributed by atoms with E-state index in [0.29, 0.717) is 11.8 Å². The predicted octanol–water partition coefficient (Wildman–Crippen LogP) is 9.75. The lowest BCUT2D eigenvalue weighted by Gasteiger charge is -2.27. The van der Waals surface area contributed by atoms with Crippen molar-refractivity contribution in [2.24, 2.45) is 11.8 Å². The summed E-state index contributed by atoms with van der Waals surface area (Å²) < 4.78 is 13.1. The minimum atomic E-state index is -0.299.